The third-order valence-electron chi connectivity index (χ3n) is 2.01. The van der Waals surface area contributed by atoms with E-state index < -0.39 is 12.0 Å². The van der Waals surface area contributed by atoms with E-state index in [2.05, 4.69) is 0 Å². The number of aryl methyl sites for hydroxylation is 1. The fourth-order valence-electron chi connectivity index (χ4n) is 1.03. The van der Waals surface area contributed by atoms with Gasteiger partial charge in [0.05, 0.1) is 10.6 Å². The Kier molecular flexibility index (Phi) is 3.50. The second-order valence-corrected chi connectivity index (χ2v) is 4.98. The molecule has 0 aliphatic rings. The highest BCUT2D eigenvalue weighted by atomic mass is 35.5. The second kappa shape index (κ2) is 4.13. The molecule has 0 aromatic carbocycles. The van der Waals surface area contributed by atoms with Gasteiger partial charge in [-0.05, 0) is 24.8 Å². The van der Waals surface area contributed by atoms with Gasteiger partial charge >= 0.3 is 0 Å². The molecule has 0 aliphatic carbocycles. The van der Waals surface area contributed by atoms with Crippen molar-refractivity contribution in [1.82, 2.24) is 0 Å². The molecule has 0 aliphatic heterocycles. The molecule has 2 N–H and O–H groups in total. The predicted octanol–water partition coefficient (Wildman–Crippen LogP) is 3.23. The van der Waals surface area contributed by atoms with Crippen LogP contribution in [0.2, 0.25) is 5.02 Å². The van der Waals surface area contributed by atoms with Gasteiger partial charge in [0.25, 0.3) is 6.43 Å². The Morgan fingerprint density at radius 2 is 2.21 bits per heavy atom. The standard InChI is InChI=1S/C9H12ClF2NS/c1-5-4-14-6(7(5)10)3-9(2,13)8(11)12/h4,8H,3,13H2,1-2H3. The van der Waals surface area contributed by atoms with E-state index in [0.29, 0.717) is 5.02 Å². The Balaban J connectivity index is 2.84. The van der Waals surface area contributed by atoms with Gasteiger partial charge in [-0.3, -0.25) is 0 Å². The topological polar surface area (TPSA) is 26.0 Å². The van der Waals surface area contributed by atoms with Crippen molar-refractivity contribution in [3.63, 3.8) is 0 Å². The molecule has 1 aromatic rings. The third kappa shape index (κ3) is 2.43. The minimum atomic E-state index is -2.54. The molecule has 80 valence electrons. The van der Waals surface area contributed by atoms with Crippen LogP contribution in [-0.4, -0.2) is 12.0 Å². The molecule has 14 heavy (non-hydrogen) atoms. The molecule has 0 spiro atoms. The van der Waals surface area contributed by atoms with Crippen molar-refractivity contribution >= 4 is 22.9 Å². The molecular formula is C9H12ClF2NS. The monoisotopic (exact) mass is 239 g/mol. The lowest BCUT2D eigenvalue weighted by atomic mass is 9.99. The van der Waals surface area contributed by atoms with Gasteiger partial charge in [-0.15, -0.1) is 11.3 Å². The van der Waals surface area contributed by atoms with Gasteiger partial charge in [0, 0.05) is 11.3 Å². The summed E-state index contributed by atoms with van der Waals surface area (Å²) in [5.41, 5.74) is 4.88. The van der Waals surface area contributed by atoms with Crippen LogP contribution in [0.25, 0.3) is 0 Å². The molecule has 1 atom stereocenters. The molecule has 1 aromatic heterocycles. The molecule has 1 nitrogen and oxygen atoms in total. The maximum atomic E-state index is 12.5. The third-order valence-corrected chi connectivity index (χ3v) is 3.75. The van der Waals surface area contributed by atoms with Crippen molar-refractivity contribution in [3.05, 3.63) is 20.8 Å². The van der Waals surface area contributed by atoms with Crippen LogP contribution in [0.1, 0.15) is 17.4 Å². The first kappa shape index (κ1) is 11.9. The minimum Gasteiger partial charge on any atom is -0.320 e. The lowest BCUT2D eigenvalue weighted by Gasteiger charge is -2.22. The van der Waals surface area contributed by atoms with Crippen LogP contribution in [0.5, 0.6) is 0 Å². The summed E-state index contributed by atoms with van der Waals surface area (Å²) < 4.78 is 24.9. The summed E-state index contributed by atoms with van der Waals surface area (Å²) in [6, 6.07) is 0. The maximum absolute atomic E-state index is 12.5. The summed E-state index contributed by atoms with van der Waals surface area (Å²) in [4.78, 5) is 0.731. The van der Waals surface area contributed by atoms with Gasteiger partial charge < -0.3 is 5.73 Å². The number of hydrogen-bond donors (Lipinski definition) is 1. The fraction of sp³-hybridized carbons (Fsp3) is 0.556. The highest BCUT2D eigenvalue weighted by molar-refractivity contribution is 7.10. The van der Waals surface area contributed by atoms with Crippen LogP contribution in [0.15, 0.2) is 5.38 Å². The summed E-state index contributed by atoms with van der Waals surface area (Å²) in [5, 5.41) is 2.41. The van der Waals surface area contributed by atoms with Gasteiger partial charge in [0.15, 0.2) is 0 Å². The van der Waals surface area contributed by atoms with Crippen molar-refractivity contribution in [2.24, 2.45) is 5.73 Å². The summed E-state index contributed by atoms with van der Waals surface area (Å²) in [5.74, 6) is 0. The van der Waals surface area contributed by atoms with Gasteiger partial charge in [0.1, 0.15) is 0 Å². The normalized spacial score (nSPS) is 15.9. The molecule has 1 unspecified atom stereocenters. The number of alkyl halides is 2. The Hall–Kier alpha value is -0.190. The van der Waals surface area contributed by atoms with Crippen molar-refractivity contribution in [3.8, 4) is 0 Å². The van der Waals surface area contributed by atoms with E-state index in [-0.39, 0.29) is 6.42 Å². The highest BCUT2D eigenvalue weighted by Gasteiger charge is 2.31. The number of nitrogens with two attached hydrogens (primary N) is 1. The lowest BCUT2D eigenvalue weighted by Crippen LogP contribution is -2.45. The maximum Gasteiger partial charge on any atom is 0.256 e. The average Bonchev–Trinajstić information content (AvgIpc) is 2.35. The Morgan fingerprint density at radius 3 is 2.57 bits per heavy atom. The first-order valence-corrected chi connectivity index (χ1v) is 5.40. The zero-order valence-corrected chi connectivity index (χ0v) is 9.55. The number of hydrogen-bond acceptors (Lipinski definition) is 2. The molecular weight excluding hydrogens is 228 g/mol. The van der Waals surface area contributed by atoms with Gasteiger partial charge in [-0.25, -0.2) is 8.78 Å². The predicted molar refractivity (Wildman–Crippen MR) is 56.4 cm³/mol. The van der Waals surface area contributed by atoms with E-state index in [1.165, 1.54) is 18.3 Å². The zero-order valence-electron chi connectivity index (χ0n) is 7.98. The van der Waals surface area contributed by atoms with Crippen LogP contribution >= 0.6 is 22.9 Å². The van der Waals surface area contributed by atoms with E-state index in [4.69, 9.17) is 17.3 Å². The Morgan fingerprint density at radius 1 is 1.64 bits per heavy atom. The van der Waals surface area contributed by atoms with Gasteiger partial charge in [-0.2, -0.15) is 0 Å². The second-order valence-electron chi connectivity index (χ2n) is 3.64. The lowest BCUT2D eigenvalue weighted by molar-refractivity contribution is 0.0644. The molecule has 1 heterocycles. The van der Waals surface area contributed by atoms with E-state index in [1.54, 1.807) is 0 Å². The fourth-order valence-corrected chi connectivity index (χ4v) is 2.44. The van der Waals surface area contributed by atoms with Crippen LogP contribution in [0.4, 0.5) is 8.78 Å². The van der Waals surface area contributed by atoms with Crippen molar-refractivity contribution in [2.45, 2.75) is 32.2 Å². The van der Waals surface area contributed by atoms with Gasteiger partial charge in [0.2, 0.25) is 0 Å². The number of rotatable bonds is 3. The first-order valence-electron chi connectivity index (χ1n) is 4.14. The number of halogens is 3. The average molecular weight is 240 g/mol. The van der Waals surface area contributed by atoms with Crippen molar-refractivity contribution in [1.29, 1.82) is 0 Å². The first-order chi connectivity index (χ1) is 6.34. The van der Waals surface area contributed by atoms with Crippen LogP contribution < -0.4 is 5.73 Å². The molecule has 5 heteroatoms. The van der Waals surface area contributed by atoms with Crippen LogP contribution in [0.3, 0.4) is 0 Å². The Bertz CT molecular complexity index is 323. The van der Waals surface area contributed by atoms with Crippen molar-refractivity contribution < 1.29 is 8.78 Å². The van der Waals surface area contributed by atoms with Gasteiger partial charge in [-0.1, -0.05) is 11.6 Å². The summed E-state index contributed by atoms with van der Waals surface area (Å²) in [6.07, 6.45) is -2.43. The molecule has 0 bridgehead atoms. The molecule has 1 rings (SSSR count). The van der Waals surface area contributed by atoms with Crippen LogP contribution in [0, 0.1) is 6.92 Å². The smallest absolute Gasteiger partial charge is 0.256 e. The van der Waals surface area contributed by atoms with E-state index in [0.717, 1.165) is 10.4 Å². The SMILES string of the molecule is Cc1csc(CC(C)(N)C(F)F)c1Cl. The highest BCUT2D eigenvalue weighted by Crippen LogP contribution is 2.31. The van der Waals surface area contributed by atoms with Crippen molar-refractivity contribution in [2.75, 3.05) is 0 Å². The van der Waals surface area contributed by atoms with E-state index in [9.17, 15) is 8.78 Å². The Labute approximate surface area is 90.9 Å². The summed E-state index contributed by atoms with van der Waals surface area (Å²) in [6.45, 7) is 3.18. The molecule has 0 saturated carbocycles. The molecule has 0 fully saturated rings. The zero-order chi connectivity index (χ0) is 10.9. The van der Waals surface area contributed by atoms with E-state index >= 15 is 0 Å². The largest absolute Gasteiger partial charge is 0.320 e. The summed E-state index contributed by atoms with van der Waals surface area (Å²) in [7, 11) is 0. The summed E-state index contributed by atoms with van der Waals surface area (Å²) >= 11 is 7.30. The quantitative estimate of drug-likeness (QED) is 0.861. The number of thiophene rings is 1. The molecule has 0 amide bonds. The molecule has 0 radical (unpaired) electrons. The molecule has 0 saturated heterocycles. The van der Waals surface area contributed by atoms with E-state index in [1.807, 2.05) is 12.3 Å². The van der Waals surface area contributed by atoms with Crippen LogP contribution in [-0.2, 0) is 6.42 Å². The minimum absolute atomic E-state index is 0.113.